The Kier molecular flexibility index (Phi) is 3.83. The van der Waals surface area contributed by atoms with Gasteiger partial charge in [-0.2, -0.15) is 0 Å². The molecule has 0 aliphatic carbocycles. The van der Waals surface area contributed by atoms with E-state index in [-0.39, 0.29) is 11.3 Å². The molecule has 1 aliphatic heterocycles. The molecule has 1 fully saturated rings. The maximum Gasteiger partial charge on any atom is 0.255 e. The highest BCUT2D eigenvalue weighted by Gasteiger charge is 2.33. The first-order chi connectivity index (χ1) is 8.93. The largest absolute Gasteiger partial charge is 0.385 e. The molecule has 1 N–H and O–H groups in total. The van der Waals surface area contributed by atoms with Gasteiger partial charge < -0.3 is 10.2 Å². The van der Waals surface area contributed by atoms with Gasteiger partial charge in [-0.1, -0.05) is 25.5 Å². The normalized spacial score (nSPS) is 17.6. The molecule has 104 valence electrons. The second-order valence-corrected chi connectivity index (χ2v) is 6.22. The van der Waals surface area contributed by atoms with Gasteiger partial charge in [0.15, 0.2) is 0 Å². The molecule has 0 spiro atoms. The summed E-state index contributed by atoms with van der Waals surface area (Å²) in [4.78, 5) is 14.7. The fourth-order valence-corrected chi connectivity index (χ4v) is 2.64. The van der Waals surface area contributed by atoms with E-state index < -0.39 is 0 Å². The van der Waals surface area contributed by atoms with Gasteiger partial charge in [0.25, 0.3) is 5.91 Å². The van der Waals surface area contributed by atoms with E-state index in [1.807, 2.05) is 36.9 Å². The van der Waals surface area contributed by atoms with Crippen LogP contribution in [0.1, 0.15) is 43.1 Å². The lowest BCUT2D eigenvalue weighted by Gasteiger charge is -2.21. The van der Waals surface area contributed by atoms with Crippen molar-refractivity contribution in [1.82, 2.24) is 4.90 Å². The lowest BCUT2D eigenvalue weighted by molar-refractivity contribution is 0.0779. The molecule has 0 radical (unpaired) electrons. The molecule has 2 rings (SSSR count). The van der Waals surface area contributed by atoms with E-state index in [1.165, 1.54) is 0 Å². The Balaban J connectivity index is 2.25. The minimum absolute atomic E-state index is 0.158. The third-order valence-corrected chi connectivity index (χ3v) is 3.74. The number of hydrogen-bond donors (Lipinski definition) is 1. The molecule has 0 atom stereocenters. The minimum atomic E-state index is 0.158. The predicted octanol–water partition coefficient (Wildman–Crippen LogP) is 3.30. The van der Waals surface area contributed by atoms with E-state index in [4.69, 9.17) is 0 Å². The minimum Gasteiger partial charge on any atom is -0.385 e. The van der Waals surface area contributed by atoms with Gasteiger partial charge in [0.2, 0.25) is 0 Å². The number of anilines is 1. The molecule has 1 aromatic rings. The van der Waals surface area contributed by atoms with Crippen molar-refractivity contribution in [2.24, 2.45) is 5.41 Å². The van der Waals surface area contributed by atoms with Crippen molar-refractivity contribution in [2.45, 2.75) is 34.1 Å². The smallest absolute Gasteiger partial charge is 0.255 e. The first kappa shape index (κ1) is 13.9. The van der Waals surface area contributed by atoms with Gasteiger partial charge in [0.1, 0.15) is 0 Å². The van der Waals surface area contributed by atoms with Crippen molar-refractivity contribution < 1.29 is 4.79 Å². The van der Waals surface area contributed by atoms with Crippen LogP contribution in [-0.4, -0.2) is 30.4 Å². The van der Waals surface area contributed by atoms with Crippen LogP contribution in [0.4, 0.5) is 5.69 Å². The Morgan fingerprint density at radius 1 is 1.42 bits per heavy atom. The molecule has 1 saturated heterocycles. The van der Waals surface area contributed by atoms with Crippen LogP contribution in [0.25, 0.3) is 0 Å². The fourth-order valence-electron chi connectivity index (χ4n) is 2.64. The molecular formula is C16H24N2O. The highest BCUT2D eigenvalue weighted by atomic mass is 16.2. The number of likely N-dealkylation sites (tertiary alicyclic amines) is 1. The first-order valence-corrected chi connectivity index (χ1v) is 7.07. The summed E-state index contributed by atoms with van der Waals surface area (Å²) >= 11 is 0. The van der Waals surface area contributed by atoms with Gasteiger partial charge in [-0.25, -0.2) is 0 Å². The van der Waals surface area contributed by atoms with Crippen molar-refractivity contribution in [3.8, 4) is 0 Å². The maximum atomic E-state index is 12.7. The molecule has 3 nitrogen and oxygen atoms in total. The summed E-state index contributed by atoms with van der Waals surface area (Å²) in [7, 11) is 0. The number of carbonyl (C=O) groups excluding carboxylic acids is 1. The van der Waals surface area contributed by atoms with Gasteiger partial charge in [0, 0.05) is 25.3 Å². The van der Waals surface area contributed by atoms with Crippen LogP contribution in [0.15, 0.2) is 18.2 Å². The number of aryl methyl sites for hydroxylation is 1. The van der Waals surface area contributed by atoms with Crippen LogP contribution in [0.5, 0.6) is 0 Å². The fraction of sp³-hybridized carbons (Fsp3) is 0.562. The highest BCUT2D eigenvalue weighted by molar-refractivity contribution is 6.00. The predicted molar refractivity (Wildman–Crippen MR) is 79.6 cm³/mol. The average molecular weight is 260 g/mol. The van der Waals surface area contributed by atoms with Crippen LogP contribution in [0.3, 0.4) is 0 Å². The number of amides is 1. The van der Waals surface area contributed by atoms with Crippen LogP contribution in [-0.2, 0) is 0 Å². The number of nitrogens with zero attached hydrogens (tertiary/aromatic N) is 1. The van der Waals surface area contributed by atoms with Crippen LogP contribution >= 0.6 is 0 Å². The maximum absolute atomic E-state index is 12.7. The molecule has 1 amide bonds. The number of rotatable bonds is 3. The summed E-state index contributed by atoms with van der Waals surface area (Å²) in [5, 5.41) is 3.28. The number of nitrogens with one attached hydrogen (secondary N) is 1. The van der Waals surface area contributed by atoms with Crippen molar-refractivity contribution in [2.75, 3.05) is 25.0 Å². The number of hydrogen-bond acceptors (Lipinski definition) is 2. The van der Waals surface area contributed by atoms with Gasteiger partial charge in [-0.15, -0.1) is 0 Å². The number of carbonyl (C=O) groups is 1. The van der Waals surface area contributed by atoms with Crippen molar-refractivity contribution in [3.63, 3.8) is 0 Å². The van der Waals surface area contributed by atoms with Crippen LogP contribution < -0.4 is 5.32 Å². The summed E-state index contributed by atoms with van der Waals surface area (Å²) in [5.74, 6) is 0.158. The van der Waals surface area contributed by atoms with Crippen molar-refractivity contribution >= 4 is 11.6 Å². The standard InChI is InChI=1S/C16H24N2O/c1-5-17-14-7-6-12(2)10-13(14)15(19)18-9-8-16(3,4)11-18/h6-7,10,17H,5,8-9,11H2,1-4H3. The van der Waals surface area contributed by atoms with E-state index >= 15 is 0 Å². The molecule has 0 aromatic heterocycles. The Morgan fingerprint density at radius 3 is 2.74 bits per heavy atom. The Labute approximate surface area is 116 Å². The van der Waals surface area contributed by atoms with Crippen LogP contribution in [0, 0.1) is 12.3 Å². The lowest BCUT2D eigenvalue weighted by Crippen LogP contribution is -2.30. The van der Waals surface area contributed by atoms with Crippen LogP contribution in [0.2, 0.25) is 0 Å². The van der Waals surface area contributed by atoms with Gasteiger partial charge in [-0.3, -0.25) is 4.79 Å². The quantitative estimate of drug-likeness (QED) is 0.904. The monoisotopic (exact) mass is 260 g/mol. The third-order valence-electron chi connectivity index (χ3n) is 3.74. The summed E-state index contributed by atoms with van der Waals surface area (Å²) in [5.41, 5.74) is 3.13. The van der Waals surface area contributed by atoms with E-state index in [0.29, 0.717) is 0 Å². The molecule has 3 heteroatoms. The van der Waals surface area contributed by atoms with Gasteiger partial charge >= 0.3 is 0 Å². The Hall–Kier alpha value is -1.51. The van der Waals surface area contributed by atoms with E-state index in [9.17, 15) is 4.79 Å². The first-order valence-electron chi connectivity index (χ1n) is 7.07. The molecular weight excluding hydrogens is 236 g/mol. The second kappa shape index (κ2) is 5.24. The number of benzene rings is 1. The second-order valence-electron chi connectivity index (χ2n) is 6.22. The highest BCUT2D eigenvalue weighted by Crippen LogP contribution is 2.31. The van der Waals surface area contributed by atoms with Gasteiger partial charge in [0.05, 0.1) is 5.56 Å². The zero-order chi connectivity index (χ0) is 14.0. The summed E-state index contributed by atoms with van der Waals surface area (Å²) in [6, 6.07) is 6.04. The zero-order valence-electron chi connectivity index (χ0n) is 12.4. The third kappa shape index (κ3) is 3.09. The Morgan fingerprint density at radius 2 is 2.16 bits per heavy atom. The summed E-state index contributed by atoms with van der Waals surface area (Å²) in [6.07, 6.45) is 1.08. The van der Waals surface area contributed by atoms with E-state index in [0.717, 1.165) is 42.9 Å². The molecule has 1 aliphatic rings. The molecule has 0 bridgehead atoms. The Bertz CT molecular complexity index is 480. The SMILES string of the molecule is CCNc1ccc(C)cc1C(=O)N1CCC(C)(C)C1. The molecule has 0 unspecified atom stereocenters. The molecule has 0 saturated carbocycles. The van der Waals surface area contributed by atoms with Crippen molar-refractivity contribution in [1.29, 1.82) is 0 Å². The topological polar surface area (TPSA) is 32.3 Å². The lowest BCUT2D eigenvalue weighted by atomic mass is 9.93. The van der Waals surface area contributed by atoms with Crippen molar-refractivity contribution in [3.05, 3.63) is 29.3 Å². The van der Waals surface area contributed by atoms with E-state index in [1.54, 1.807) is 0 Å². The van der Waals surface area contributed by atoms with Gasteiger partial charge in [-0.05, 0) is 37.8 Å². The summed E-state index contributed by atoms with van der Waals surface area (Å²) < 4.78 is 0. The zero-order valence-corrected chi connectivity index (χ0v) is 12.4. The molecule has 19 heavy (non-hydrogen) atoms. The molecule has 1 aromatic carbocycles. The summed E-state index contributed by atoms with van der Waals surface area (Å²) in [6.45, 7) is 11.1. The average Bonchev–Trinajstić information content (AvgIpc) is 2.71. The van der Waals surface area contributed by atoms with E-state index in [2.05, 4.69) is 19.2 Å². The molecule has 1 heterocycles.